The summed E-state index contributed by atoms with van der Waals surface area (Å²) in [7, 11) is 0. The molecule has 0 fully saturated rings. The Morgan fingerprint density at radius 2 is 1.90 bits per heavy atom. The lowest BCUT2D eigenvalue weighted by Gasteiger charge is -2.12. The van der Waals surface area contributed by atoms with E-state index >= 15 is 0 Å². The van der Waals surface area contributed by atoms with E-state index in [2.05, 4.69) is 16.0 Å². The number of carboxylic acids is 1. The molecule has 1 unspecified atom stereocenters. The van der Waals surface area contributed by atoms with E-state index in [1.165, 1.54) is 6.92 Å². The fourth-order valence-electron chi connectivity index (χ4n) is 1.13. The molecule has 0 aromatic carbocycles. The maximum Gasteiger partial charge on any atom is 0.327 e. The van der Waals surface area contributed by atoms with Gasteiger partial charge in [0.05, 0.1) is 5.75 Å². The lowest BCUT2D eigenvalue weighted by atomic mass is 10.3. The molecule has 0 aromatic heterocycles. The van der Waals surface area contributed by atoms with Gasteiger partial charge in [0, 0.05) is 19.2 Å². The van der Waals surface area contributed by atoms with Crippen LogP contribution in [0.1, 0.15) is 20.3 Å². The van der Waals surface area contributed by atoms with E-state index in [0.29, 0.717) is 6.54 Å². The molecule has 0 aromatic rings. The molecule has 4 amide bonds. The number of amides is 4. The summed E-state index contributed by atoms with van der Waals surface area (Å²) in [6, 6.07) is -1.63. The molecule has 0 rings (SSSR count). The fourth-order valence-corrected chi connectivity index (χ4v) is 1.97. The highest BCUT2D eigenvalue weighted by Crippen LogP contribution is 2.03. The normalized spacial score (nSPS) is 11.3. The Morgan fingerprint density at radius 3 is 2.40 bits per heavy atom. The third-order valence-corrected chi connectivity index (χ3v) is 3.02. The number of carboxylic acid groups (broad SMARTS) is 1. The maximum absolute atomic E-state index is 11.4. The van der Waals surface area contributed by atoms with Crippen LogP contribution in [0, 0.1) is 0 Å². The highest BCUT2D eigenvalue weighted by atomic mass is 32.2. The van der Waals surface area contributed by atoms with Crippen molar-refractivity contribution in [3.63, 3.8) is 0 Å². The zero-order valence-corrected chi connectivity index (χ0v) is 12.2. The second-order valence-corrected chi connectivity index (χ2v) is 4.94. The molecule has 0 aliphatic rings. The van der Waals surface area contributed by atoms with E-state index in [1.807, 2.05) is 6.92 Å². The van der Waals surface area contributed by atoms with Crippen molar-refractivity contribution in [3.05, 3.63) is 0 Å². The standard InChI is InChI=1S/C11H19N3O5S/c1-3-4-12-11(19)14-9(16)6-20-5-8(10(17)18)13-7(2)15/h8H,3-6H2,1-2H3,(H,13,15)(H,17,18)(H2,12,14,16,19). The van der Waals surface area contributed by atoms with Gasteiger partial charge in [-0.05, 0) is 6.42 Å². The van der Waals surface area contributed by atoms with Crippen molar-refractivity contribution in [2.75, 3.05) is 18.1 Å². The van der Waals surface area contributed by atoms with Gasteiger partial charge < -0.3 is 15.7 Å². The van der Waals surface area contributed by atoms with E-state index in [4.69, 9.17) is 5.11 Å². The molecule has 0 saturated carbocycles. The molecule has 20 heavy (non-hydrogen) atoms. The Bertz CT molecular complexity index is 375. The molecular weight excluding hydrogens is 286 g/mol. The van der Waals surface area contributed by atoms with Crippen LogP contribution in [0.4, 0.5) is 4.79 Å². The van der Waals surface area contributed by atoms with Crippen molar-refractivity contribution in [3.8, 4) is 0 Å². The minimum atomic E-state index is -1.17. The predicted octanol–water partition coefficient (Wildman–Crippen LogP) is -0.455. The first-order valence-corrected chi connectivity index (χ1v) is 7.17. The molecule has 0 bridgehead atoms. The van der Waals surface area contributed by atoms with Crippen LogP contribution >= 0.6 is 11.8 Å². The molecule has 9 heteroatoms. The number of carbonyl (C=O) groups is 4. The molecular formula is C11H19N3O5S. The third-order valence-electron chi connectivity index (χ3n) is 1.98. The van der Waals surface area contributed by atoms with Gasteiger partial charge in [-0.15, -0.1) is 11.8 Å². The van der Waals surface area contributed by atoms with Crippen molar-refractivity contribution < 1.29 is 24.3 Å². The molecule has 0 spiro atoms. The number of thioether (sulfide) groups is 1. The van der Waals surface area contributed by atoms with Crippen molar-refractivity contribution in [1.29, 1.82) is 0 Å². The maximum atomic E-state index is 11.4. The van der Waals surface area contributed by atoms with Crippen LogP contribution in [0.25, 0.3) is 0 Å². The van der Waals surface area contributed by atoms with E-state index in [1.54, 1.807) is 0 Å². The summed E-state index contributed by atoms with van der Waals surface area (Å²) < 4.78 is 0. The van der Waals surface area contributed by atoms with E-state index in [-0.39, 0.29) is 11.5 Å². The number of imide groups is 1. The summed E-state index contributed by atoms with van der Waals surface area (Å²) in [5.41, 5.74) is 0. The zero-order chi connectivity index (χ0) is 15.5. The second kappa shape index (κ2) is 10.1. The van der Waals surface area contributed by atoms with Crippen LogP contribution in [-0.4, -0.2) is 53.0 Å². The van der Waals surface area contributed by atoms with Crippen LogP contribution < -0.4 is 16.0 Å². The molecule has 0 radical (unpaired) electrons. The fraction of sp³-hybridized carbons (Fsp3) is 0.636. The van der Waals surface area contributed by atoms with E-state index in [0.717, 1.165) is 18.2 Å². The van der Waals surface area contributed by atoms with Gasteiger partial charge in [-0.25, -0.2) is 9.59 Å². The van der Waals surface area contributed by atoms with Gasteiger partial charge in [0.25, 0.3) is 0 Å². The highest BCUT2D eigenvalue weighted by molar-refractivity contribution is 8.00. The Balaban J connectivity index is 3.96. The summed E-state index contributed by atoms with van der Waals surface area (Å²) in [6.07, 6.45) is 0.757. The summed E-state index contributed by atoms with van der Waals surface area (Å²) in [5, 5.41) is 15.7. The van der Waals surface area contributed by atoms with Crippen molar-refractivity contribution >= 4 is 35.6 Å². The lowest BCUT2D eigenvalue weighted by Crippen LogP contribution is -2.43. The summed E-state index contributed by atoms with van der Waals surface area (Å²) in [4.78, 5) is 44.1. The van der Waals surface area contributed by atoms with Gasteiger partial charge in [0.15, 0.2) is 0 Å². The Hall–Kier alpha value is -1.77. The predicted molar refractivity (Wildman–Crippen MR) is 74.4 cm³/mol. The second-order valence-electron chi connectivity index (χ2n) is 3.91. The van der Waals surface area contributed by atoms with Gasteiger partial charge in [-0.3, -0.25) is 14.9 Å². The van der Waals surface area contributed by atoms with Gasteiger partial charge in [0.2, 0.25) is 11.8 Å². The van der Waals surface area contributed by atoms with Crippen LogP contribution in [0.3, 0.4) is 0 Å². The SMILES string of the molecule is CCCNC(=O)NC(=O)CSCC(NC(C)=O)C(=O)O. The van der Waals surface area contributed by atoms with Gasteiger partial charge in [0.1, 0.15) is 6.04 Å². The first-order valence-electron chi connectivity index (χ1n) is 6.02. The summed E-state index contributed by atoms with van der Waals surface area (Å²) in [6.45, 7) is 3.56. The van der Waals surface area contributed by atoms with Crippen LogP contribution in [0.15, 0.2) is 0 Å². The Morgan fingerprint density at radius 1 is 1.25 bits per heavy atom. The topological polar surface area (TPSA) is 125 Å². The minimum Gasteiger partial charge on any atom is -0.480 e. The highest BCUT2D eigenvalue weighted by Gasteiger charge is 2.18. The average Bonchev–Trinajstić information content (AvgIpc) is 2.34. The molecule has 1 atom stereocenters. The van der Waals surface area contributed by atoms with Crippen LogP contribution in [0.5, 0.6) is 0 Å². The largest absolute Gasteiger partial charge is 0.480 e. The smallest absolute Gasteiger partial charge is 0.327 e. The first-order chi connectivity index (χ1) is 9.36. The number of hydrogen-bond donors (Lipinski definition) is 4. The molecule has 0 aliphatic heterocycles. The molecule has 0 heterocycles. The van der Waals surface area contributed by atoms with Gasteiger partial charge in [-0.1, -0.05) is 6.92 Å². The first kappa shape index (κ1) is 18.2. The molecule has 0 aliphatic carbocycles. The number of aliphatic carboxylic acids is 1. The number of rotatable bonds is 8. The van der Waals surface area contributed by atoms with Gasteiger partial charge >= 0.3 is 12.0 Å². The number of carbonyl (C=O) groups excluding carboxylic acids is 3. The molecule has 0 saturated heterocycles. The third kappa shape index (κ3) is 9.20. The monoisotopic (exact) mass is 305 g/mol. The molecule has 8 nitrogen and oxygen atoms in total. The summed E-state index contributed by atoms with van der Waals surface area (Å²) >= 11 is 1.02. The number of hydrogen-bond acceptors (Lipinski definition) is 5. The Labute approximate surface area is 121 Å². The number of urea groups is 1. The lowest BCUT2D eigenvalue weighted by molar-refractivity contribution is -0.140. The minimum absolute atomic E-state index is 0.0406. The molecule has 4 N–H and O–H groups in total. The van der Waals surface area contributed by atoms with E-state index in [9.17, 15) is 19.2 Å². The van der Waals surface area contributed by atoms with Crippen molar-refractivity contribution in [2.45, 2.75) is 26.3 Å². The van der Waals surface area contributed by atoms with Gasteiger partial charge in [-0.2, -0.15) is 0 Å². The average molecular weight is 305 g/mol. The van der Waals surface area contributed by atoms with Crippen LogP contribution in [-0.2, 0) is 14.4 Å². The van der Waals surface area contributed by atoms with E-state index < -0.39 is 29.9 Å². The Kier molecular flexibility index (Phi) is 9.18. The van der Waals surface area contributed by atoms with Crippen LogP contribution in [0.2, 0.25) is 0 Å². The summed E-state index contributed by atoms with van der Waals surface area (Å²) in [5.74, 6) is -2.17. The van der Waals surface area contributed by atoms with Crippen molar-refractivity contribution in [1.82, 2.24) is 16.0 Å². The number of nitrogens with one attached hydrogen (secondary N) is 3. The molecule has 114 valence electrons. The zero-order valence-electron chi connectivity index (χ0n) is 11.4. The quantitative estimate of drug-likeness (QED) is 0.481. The van der Waals surface area contributed by atoms with Crippen molar-refractivity contribution in [2.24, 2.45) is 0 Å².